The largest absolute Gasteiger partial charge is 0.409 e. The van der Waals surface area contributed by atoms with E-state index < -0.39 is 12.2 Å². The van der Waals surface area contributed by atoms with E-state index >= 15 is 0 Å². The van der Waals surface area contributed by atoms with Gasteiger partial charge in [-0.05, 0) is 5.57 Å². The second-order valence-corrected chi connectivity index (χ2v) is 5.27. The SMILES string of the molecule is Nc1ncc(C2=CCN(c3cncnc3)C(C(F)(F)F)C2)c(N)n1. The van der Waals surface area contributed by atoms with Gasteiger partial charge in [-0.1, -0.05) is 6.08 Å². The van der Waals surface area contributed by atoms with Crippen molar-refractivity contribution in [3.05, 3.63) is 36.6 Å². The van der Waals surface area contributed by atoms with Crippen molar-refractivity contribution < 1.29 is 13.2 Å². The maximum absolute atomic E-state index is 13.5. The third-order valence-electron chi connectivity index (χ3n) is 3.76. The predicted octanol–water partition coefficient (Wildman–Crippen LogP) is 1.66. The number of nitrogen functional groups attached to an aromatic ring is 2. The third kappa shape index (κ3) is 3.07. The summed E-state index contributed by atoms with van der Waals surface area (Å²) < 4.78 is 40.6. The summed E-state index contributed by atoms with van der Waals surface area (Å²) in [6, 6.07) is -1.72. The molecule has 0 fully saturated rings. The van der Waals surface area contributed by atoms with Crippen molar-refractivity contribution >= 4 is 23.0 Å². The molecular formula is C14H14F3N7. The lowest BCUT2D eigenvalue weighted by Gasteiger charge is -2.37. The molecule has 0 saturated carbocycles. The van der Waals surface area contributed by atoms with Crippen LogP contribution in [0.2, 0.25) is 0 Å². The minimum atomic E-state index is -4.43. The third-order valence-corrected chi connectivity index (χ3v) is 3.76. The summed E-state index contributed by atoms with van der Waals surface area (Å²) in [5.41, 5.74) is 12.3. The van der Waals surface area contributed by atoms with Crippen molar-refractivity contribution in [3.63, 3.8) is 0 Å². The van der Waals surface area contributed by atoms with Gasteiger partial charge in [0, 0.05) is 24.7 Å². The van der Waals surface area contributed by atoms with Gasteiger partial charge in [0.2, 0.25) is 5.95 Å². The van der Waals surface area contributed by atoms with Gasteiger partial charge in [-0.15, -0.1) is 0 Å². The second-order valence-electron chi connectivity index (χ2n) is 5.27. The fourth-order valence-electron chi connectivity index (χ4n) is 2.63. The maximum atomic E-state index is 13.5. The first kappa shape index (κ1) is 16.0. The van der Waals surface area contributed by atoms with Crippen molar-refractivity contribution in [3.8, 4) is 0 Å². The number of anilines is 3. The van der Waals surface area contributed by atoms with E-state index in [1.807, 2.05) is 0 Å². The Bertz CT molecular complexity index is 761. The molecule has 3 rings (SSSR count). The monoisotopic (exact) mass is 337 g/mol. The summed E-state index contributed by atoms with van der Waals surface area (Å²) >= 11 is 0. The van der Waals surface area contributed by atoms with Crippen LogP contribution in [0.1, 0.15) is 12.0 Å². The van der Waals surface area contributed by atoms with Crippen molar-refractivity contribution in [2.75, 3.05) is 22.9 Å². The summed E-state index contributed by atoms with van der Waals surface area (Å²) in [5.74, 6) is 0.0364. The van der Waals surface area contributed by atoms with Gasteiger partial charge in [-0.25, -0.2) is 15.0 Å². The zero-order chi connectivity index (χ0) is 17.3. The van der Waals surface area contributed by atoms with Gasteiger partial charge in [0.1, 0.15) is 18.2 Å². The molecule has 1 unspecified atom stereocenters. The topological polar surface area (TPSA) is 107 Å². The quantitative estimate of drug-likeness (QED) is 0.858. The Labute approximate surface area is 135 Å². The molecule has 0 aliphatic carbocycles. The number of nitrogens with two attached hydrogens (primary N) is 2. The minimum absolute atomic E-state index is 0.0249. The van der Waals surface area contributed by atoms with Crippen LogP contribution in [0.15, 0.2) is 31.0 Å². The van der Waals surface area contributed by atoms with Crippen LogP contribution in [0.25, 0.3) is 5.57 Å². The lowest BCUT2D eigenvalue weighted by atomic mass is 9.94. The van der Waals surface area contributed by atoms with E-state index in [4.69, 9.17) is 11.5 Å². The summed E-state index contributed by atoms with van der Waals surface area (Å²) in [5, 5.41) is 0. The zero-order valence-corrected chi connectivity index (χ0v) is 12.4. The Kier molecular flexibility index (Phi) is 3.96. The van der Waals surface area contributed by atoms with Gasteiger partial charge in [-0.2, -0.15) is 18.2 Å². The molecule has 4 N–H and O–H groups in total. The average Bonchev–Trinajstić information content (AvgIpc) is 2.54. The van der Waals surface area contributed by atoms with Crippen LogP contribution in [0.5, 0.6) is 0 Å². The van der Waals surface area contributed by atoms with Gasteiger partial charge < -0.3 is 16.4 Å². The number of hydrogen-bond acceptors (Lipinski definition) is 7. The van der Waals surface area contributed by atoms with E-state index in [-0.39, 0.29) is 24.7 Å². The standard InChI is InChI=1S/C14H14F3N7/c15-14(16,17)11-3-8(10-6-22-13(19)23-12(10)18)1-2-24(11)9-4-20-7-21-5-9/h1,4-7,11H,2-3H2,(H4,18,19,22,23). The minimum Gasteiger partial charge on any atom is -0.383 e. The Hall–Kier alpha value is -2.91. The molecule has 10 heteroatoms. The van der Waals surface area contributed by atoms with Crippen molar-refractivity contribution in [2.45, 2.75) is 18.6 Å². The Morgan fingerprint density at radius 1 is 1.12 bits per heavy atom. The van der Waals surface area contributed by atoms with Crippen molar-refractivity contribution in [2.24, 2.45) is 0 Å². The first-order chi connectivity index (χ1) is 11.4. The van der Waals surface area contributed by atoms with Crippen LogP contribution in [-0.4, -0.2) is 38.7 Å². The number of hydrogen-bond donors (Lipinski definition) is 2. The molecule has 0 bridgehead atoms. The highest BCUT2D eigenvalue weighted by Crippen LogP contribution is 2.38. The van der Waals surface area contributed by atoms with E-state index in [9.17, 15) is 13.2 Å². The Morgan fingerprint density at radius 2 is 1.83 bits per heavy atom. The molecule has 7 nitrogen and oxygen atoms in total. The molecule has 3 heterocycles. The number of alkyl halides is 3. The summed E-state index contributed by atoms with van der Waals surface area (Å²) in [6.07, 6.45) is 2.27. The number of aromatic nitrogens is 4. The zero-order valence-electron chi connectivity index (χ0n) is 12.4. The van der Waals surface area contributed by atoms with E-state index in [2.05, 4.69) is 19.9 Å². The van der Waals surface area contributed by atoms with Crippen molar-refractivity contribution in [1.82, 2.24) is 19.9 Å². The van der Waals surface area contributed by atoms with Crippen LogP contribution in [0.4, 0.5) is 30.6 Å². The molecule has 0 aromatic carbocycles. The molecular weight excluding hydrogens is 323 g/mol. The van der Waals surface area contributed by atoms with Crippen LogP contribution < -0.4 is 16.4 Å². The highest BCUT2D eigenvalue weighted by atomic mass is 19.4. The Morgan fingerprint density at radius 3 is 2.46 bits per heavy atom. The predicted molar refractivity (Wildman–Crippen MR) is 82.7 cm³/mol. The summed E-state index contributed by atoms with van der Waals surface area (Å²) in [7, 11) is 0. The van der Waals surface area contributed by atoms with Gasteiger partial charge in [0.05, 0.1) is 18.1 Å². The fourth-order valence-corrected chi connectivity index (χ4v) is 2.63. The number of halogens is 3. The molecule has 0 amide bonds. The van der Waals surface area contributed by atoms with Crippen LogP contribution >= 0.6 is 0 Å². The highest BCUT2D eigenvalue weighted by molar-refractivity contribution is 5.75. The summed E-state index contributed by atoms with van der Waals surface area (Å²) in [4.78, 5) is 16.4. The molecule has 1 aliphatic heterocycles. The molecule has 2 aromatic rings. The van der Waals surface area contributed by atoms with E-state index in [1.165, 1.54) is 29.8 Å². The molecule has 0 spiro atoms. The molecule has 1 aliphatic rings. The van der Waals surface area contributed by atoms with Gasteiger partial charge >= 0.3 is 6.18 Å². The molecule has 1 atom stereocenters. The second kappa shape index (κ2) is 5.95. The van der Waals surface area contributed by atoms with Gasteiger partial charge in [0.25, 0.3) is 0 Å². The maximum Gasteiger partial charge on any atom is 0.409 e. The van der Waals surface area contributed by atoms with Crippen LogP contribution in [-0.2, 0) is 0 Å². The van der Waals surface area contributed by atoms with Crippen LogP contribution in [0.3, 0.4) is 0 Å². The first-order valence-electron chi connectivity index (χ1n) is 7.02. The molecule has 24 heavy (non-hydrogen) atoms. The van der Waals surface area contributed by atoms with E-state index in [0.29, 0.717) is 16.8 Å². The normalized spacial score (nSPS) is 18.4. The van der Waals surface area contributed by atoms with E-state index in [0.717, 1.165) is 0 Å². The average molecular weight is 337 g/mol. The smallest absolute Gasteiger partial charge is 0.383 e. The van der Waals surface area contributed by atoms with Crippen molar-refractivity contribution in [1.29, 1.82) is 0 Å². The number of nitrogens with zero attached hydrogens (tertiary/aromatic N) is 5. The van der Waals surface area contributed by atoms with E-state index in [1.54, 1.807) is 6.08 Å². The molecule has 126 valence electrons. The fraction of sp³-hybridized carbons (Fsp3) is 0.286. The molecule has 0 radical (unpaired) electrons. The molecule has 0 saturated heterocycles. The highest BCUT2D eigenvalue weighted by Gasteiger charge is 2.45. The number of rotatable bonds is 2. The lowest BCUT2D eigenvalue weighted by Crippen LogP contribution is -2.48. The molecule has 2 aromatic heterocycles. The lowest BCUT2D eigenvalue weighted by molar-refractivity contribution is -0.147. The first-order valence-corrected chi connectivity index (χ1v) is 7.02. The summed E-state index contributed by atoms with van der Waals surface area (Å²) in [6.45, 7) is 0.0384. The van der Waals surface area contributed by atoms with Gasteiger partial charge in [-0.3, -0.25) is 0 Å². The van der Waals surface area contributed by atoms with Crippen LogP contribution in [0, 0.1) is 0 Å². The van der Waals surface area contributed by atoms with Gasteiger partial charge in [0.15, 0.2) is 0 Å². The Balaban J connectivity index is 1.97.